The Morgan fingerprint density at radius 1 is 1.50 bits per heavy atom. The number of benzene rings is 1. The molecular weight excluding hydrogens is 228 g/mol. The van der Waals surface area contributed by atoms with Gasteiger partial charge in [-0.3, -0.25) is 0 Å². The van der Waals surface area contributed by atoms with Crippen molar-refractivity contribution in [3.63, 3.8) is 0 Å². The molecule has 0 bridgehead atoms. The monoisotopic (exact) mass is 250 g/mol. The first-order valence-electron chi connectivity index (χ1n) is 6.48. The lowest BCUT2D eigenvalue weighted by Crippen LogP contribution is -2.39. The van der Waals surface area contributed by atoms with E-state index in [1.807, 2.05) is 18.2 Å². The Morgan fingerprint density at radius 2 is 2.22 bits per heavy atom. The Balaban J connectivity index is 2.31. The largest absolute Gasteiger partial charge is 0.497 e. The summed E-state index contributed by atoms with van der Waals surface area (Å²) in [6.45, 7) is 6.41. The van der Waals surface area contributed by atoms with Crippen LogP contribution in [0.25, 0.3) is 0 Å². The minimum Gasteiger partial charge on any atom is -0.497 e. The van der Waals surface area contributed by atoms with Crippen molar-refractivity contribution in [2.24, 2.45) is 5.92 Å². The normalized spacial score (nSPS) is 26.7. The van der Waals surface area contributed by atoms with E-state index in [0.717, 1.165) is 23.5 Å². The van der Waals surface area contributed by atoms with Crippen molar-refractivity contribution >= 4 is 0 Å². The van der Waals surface area contributed by atoms with E-state index in [-0.39, 0.29) is 5.60 Å². The lowest BCUT2D eigenvalue weighted by molar-refractivity contribution is -0.0145. The highest BCUT2D eigenvalue weighted by atomic mass is 16.5. The molecule has 1 heterocycles. The number of ether oxygens (including phenoxy) is 2. The molecule has 2 atom stereocenters. The molecule has 1 N–H and O–H groups in total. The van der Waals surface area contributed by atoms with E-state index in [4.69, 9.17) is 9.47 Å². The molecule has 100 valence electrons. The van der Waals surface area contributed by atoms with Gasteiger partial charge in [-0.25, -0.2) is 0 Å². The van der Waals surface area contributed by atoms with Crippen LogP contribution in [-0.2, 0) is 0 Å². The van der Waals surface area contributed by atoms with Gasteiger partial charge in [0.05, 0.1) is 13.2 Å². The van der Waals surface area contributed by atoms with Crippen molar-refractivity contribution < 1.29 is 14.6 Å². The third-order valence-corrected chi connectivity index (χ3v) is 3.40. The fourth-order valence-electron chi connectivity index (χ4n) is 2.82. The van der Waals surface area contributed by atoms with Gasteiger partial charge in [-0.2, -0.15) is 0 Å². The number of hydrogen-bond acceptors (Lipinski definition) is 3. The number of aliphatic hydroxyl groups excluding tert-OH is 1. The van der Waals surface area contributed by atoms with E-state index >= 15 is 0 Å². The van der Waals surface area contributed by atoms with Crippen LogP contribution in [0.3, 0.4) is 0 Å². The van der Waals surface area contributed by atoms with Crippen molar-refractivity contribution in [2.45, 2.75) is 45.3 Å². The van der Waals surface area contributed by atoms with Crippen molar-refractivity contribution in [3.8, 4) is 11.5 Å². The summed E-state index contributed by atoms with van der Waals surface area (Å²) in [4.78, 5) is 0. The molecule has 1 unspecified atom stereocenters. The van der Waals surface area contributed by atoms with Crippen LogP contribution in [0.4, 0.5) is 0 Å². The van der Waals surface area contributed by atoms with Crippen molar-refractivity contribution in [1.82, 2.24) is 0 Å². The standard InChI is InChI=1S/C15H22O3/c1-10(2)8-15(3)9-13(16)12-6-5-11(17-4)7-14(12)18-15/h5-7,10,13,16H,8-9H2,1-4H3/t13-,15?/m1/s1. The zero-order valence-corrected chi connectivity index (χ0v) is 11.6. The third-order valence-electron chi connectivity index (χ3n) is 3.40. The van der Waals surface area contributed by atoms with Crippen molar-refractivity contribution in [3.05, 3.63) is 23.8 Å². The van der Waals surface area contributed by atoms with Gasteiger partial charge in [0, 0.05) is 18.1 Å². The first-order valence-corrected chi connectivity index (χ1v) is 6.48. The highest BCUT2D eigenvalue weighted by Crippen LogP contribution is 2.43. The predicted molar refractivity (Wildman–Crippen MR) is 71.1 cm³/mol. The molecule has 0 aromatic heterocycles. The maximum Gasteiger partial charge on any atom is 0.129 e. The van der Waals surface area contributed by atoms with Gasteiger partial charge >= 0.3 is 0 Å². The van der Waals surface area contributed by atoms with E-state index in [9.17, 15) is 5.11 Å². The number of aliphatic hydroxyl groups is 1. The molecule has 2 rings (SSSR count). The highest BCUT2D eigenvalue weighted by molar-refractivity contribution is 5.43. The Kier molecular flexibility index (Phi) is 3.53. The average molecular weight is 250 g/mol. The Bertz CT molecular complexity index is 428. The number of rotatable bonds is 3. The second-order valence-electron chi connectivity index (χ2n) is 5.77. The SMILES string of the molecule is COc1ccc2c(c1)OC(C)(CC(C)C)C[C@H]2O. The van der Waals surface area contributed by atoms with Gasteiger partial charge in [0.1, 0.15) is 17.1 Å². The summed E-state index contributed by atoms with van der Waals surface area (Å²) in [7, 11) is 1.63. The topological polar surface area (TPSA) is 38.7 Å². The molecule has 1 aromatic carbocycles. The van der Waals surface area contributed by atoms with E-state index in [2.05, 4.69) is 20.8 Å². The van der Waals surface area contributed by atoms with Gasteiger partial charge in [-0.15, -0.1) is 0 Å². The second kappa shape index (κ2) is 4.81. The minimum atomic E-state index is -0.455. The molecular formula is C15H22O3. The molecule has 1 aliphatic rings. The molecule has 0 saturated heterocycles. The zero-order valence-electron chi connectivity index (χ0n) is 11.6. The predicted octanol–water partition coefficient (Wildman–Crippen LogP) is 3.32. The average Bonchev–Trinajstić information content (AvgIpc) is 2.26. The Hall–Kier alpha value is -1.22. The molecule has 0 saturated carbocycles. The molecule has 0 fully saturated rings. The molecule has 0 amide bonds. The van der Waals surface area contributed by atoms with Gasteiger partial charge in [-0.1, -0.05) is 13.8 Å². The van der Waals surface area contributed by atoms with Crippen LogP contribution in [0, 0.1) is 5.92 Å². The van der Waals surface area contributed by atoms with Crippen LogP contribution in [0.1, 0.15) is 45.3 Å². The summed E-state index contributed by atoms with van der Waals surface area (Å²) < 4.78 is 11.3. The summed E-state index contributed by atoms with van der Waals surface area (Å²) >= 11 is 0. The number of methoxy groups -OCH3 is 1. The van der Waals surface area contributed by atoms with Crippen molar-refractivity contribution in [1.29, 1.82) is 0 Å². The van der Waals surface area contributed by atoms with Gasteiger partial charge in [0.15, 0.2) is 0 Å². The summed E-state index contributed by atoms with van der Waals surface area (Å²) in [6.07, 6.45) is 1.12. The van der Waals surface area contributed by atoms with E-state index in [0.29, 0.717) is 12.3 Å². The Morgan fingerprint density at radius 3 is 2.83 bits per heavy atom. The first kappa shape index (κ1) is 13.2. The van der Waals surface area contributed by atoms with Gasteiger partial charge in [0.25, 0.3) is 0 Å². The second-order valence-corrected chi connectivity index (χ2v) is 5.77. The van der Waals surface area contributed by atoms with Crippen LogP contribution in [0.15, 0.2) is 18.2 Å². The van der Waals surface area contributed by atoms with E-state index in [1.54, 1.807) is 7.11 Å². The van der Waals surface area contributed by atoms with Gasteiger partial charge in [-0.05, 0) is 31.4 Å². The first-order chi connectivity index (χ1) is 8.43. The van der Waals surface area contributed by atoms with Gasteiger partial charge < -0.3 is 14.6 Å². The molecule has 0 spiro atoms. The molecule has 1 aromatic rings. The number of fused-ring (bicyclic) bond motifs is 1. The fraction of sp³-hybridized carbons (Fsp3) is 0.600. The fourth-order valence-corrected chi connectivity index (χ4v) is 2.82. The van der Waals surface area contributed by atoms with Crippen molar-refractivity contribution in [2.75, 3.05) is 7.11 Å². The molecule has 3 nitrogen and oxygen atoms in total. The molecule has 0 aliphatic carbocycles. The lowest BCUT2D eigenvalue weighted by atomic mass is 9.84. The quantitative estimate of drug-likeness (QED) is 0.894. The van der Waals surface area contributed by atoms with E-state index in [1.165, 1.54) is 0 Å². The van der Waals surface area contributed by atoms with Crippen LogP contribution >= 0.6 is 0 Å². The lowest BCUT2D eigenvalue weighted by Gasteiger charge is -2.39. The van der Waals surface area contributed by atoms with Crippen LogP contribution < -0.4 is 9.47 Å². The molecule has 3 heteroatoms. The summed E-state index contributed by atoms with van der Waals surface area (Å²) in [5, 5.41) is 10.3. The zero-order chi connectivity index (χ0) is 13.3. The Labute approximate surface area is 109 Å². The maximum absolute atomic E-state index is 10.3. The number of hydrogen-bond donors (Lipinski definition) is 1. The summed E-state index contributed by atoms with van der Waals surface area (Å²) in [5.41, 5.74) is 0.560. The van der Waals surface area contributed by atoms with Gasteiger partial charge in [0.2, 0.25) is 0 Å². The van der Waals surface area contributed by atoms with Crippen LogP contribution in [0.2, 0.25) is 0 Å². The smallest absolute Gasteiger partial charge is 0.129 e. The van der Waals surface area contributed by atoms with Crippen LogP contribution in [-0.4, -0.2) is 17.8 Å². The maximum atomic E-state index is 10.3. The summed E-state index contributed by atoms with van der Waals surface area (Å²) in [6, 6.07) is 5.60. The molecule has 0 radical (unpaired) electrons. The molecule has 18 heavy (non-hydrogen) atoms. The third kappa shape index (κ3) is 2.61. The van der Waals surface area contributed by atoms with Crippen LogP contribution in [0.5, 0.6) is 11.5 Å². The summed E-state index contributed by atoms with van der Waals surface area (Å²) in [5.74, 6) is 2.04. The highest BCUT2D eigenvalue weighted by Gasteiger charge is 2.37. The molecule has 1 aliphatic heterocycles. The van der Waals surface area contributed by atoms with E-state index < -0.39 is 6.10 Å². The minimum absolute atomic E-state index is 0.299.